The first kappa shape index (κ1) is 14.0. The molecule has 2 aromatic heterocycles. The van der Waals surface area contributed by atoms with Crippen molar-refractivity contribution in [3.8, 4) is 0 Å². The Labute approximate surface area is 115 Å². The van der Waals surface area contributed by atoms with E-state index in [9.17, 15) is 9.59 Å². The minimum atomic E-state index is -0.448. The van der Waals surface area contributed by atoms with Crippen molar-refractivity contribution in [2.75, 3.05) is 6.61 Å². The first-order valence-electron chi connectivity index (χ1n) is 6.25. The topological polar surface area (TPSA) is 79.0 Å². The highest BCUT2D eigenvalue weighted by molar-refractivity contribution is 5.90. The summed E-state index contributed by atoms with van der Waals surface area (Å²) in [5, 5.41) is 8.19. The number of carbonyl (C=O) groups is 1. The Morgan fingerprint density at radius 2 is 2.15 bits per heavy atom. The minimum Gasteiger partial charge on any atom is -0.462 e. The number of hydrogen-bond donors (Lipinski definition) is 0. The molecule has 7 heteroatoms. The average Bonchev–Trinajstić information content (AvgIpc) is 2.76. The van der Waals surface area contributed by atoms with E-state index in [1.54, 1.807) is 31.6 Å². The predicted octanol–water partition coefficient (Wildman–Crippen LogP) is 0.510. The van der Waals surface area contributed by atoms with Gasteiger partial charge in [0.25, 0.3) is 5.56 Å². The van der Waals surface area contributed by atoms with Crippen molar-refractivity contribution in [3.05, 3.63) is 45.6 Å². The molecule has 7 nitrogen and oxygen atoms in total. The van der Waals surface area contributed by atoms with E-state index in [1.807, 2.05) is 0 Å². The van der Waals surface area contributed by atoms with Crippen molar-refractivity contribution in [1.29, 1.82) is 0 Å². The quantitative estimate of drug-likeness (QED) is 0.760. The highest BCUT2D eigenvalue weighted by atomic mass is 16.5. The molecule has 0 saturated carbocycles. The highest BCUT2D eigenvalue weighted by Gasteiger charge is 2.18. The maximum Gasteiger partial charge on any atom is 0.341 e. The van der Waals surface area contributed by atoms with Crippen molar-refractivity contribution < 1.29 is 9.53 Å². The van der Waals surface area contributed by atoms with Gasteiger partial charge in [-0.15, -0.1) is 0 Å². The van der Waals surface area contributed by atoms with Gasteiger partial charge in [-0.2, -0.15) is 10.2 Å². The fourth-order valence-corrected chi connectivity index (χ4v) is 1.84. The summed E-state index contributed by atoms with van der Waals surface area (Å²) in [5.74, 6) is -0.448. The zero-order chi connectivity index (χ0) is 14.7. The number of carbonyl (C=O) groups excluding carboxylic acids is 1. The molecule has 0 fully saturated rings. The molecule has 106 valence electrons. The van der Waals surface area contributed by atoms with E-state index in [0.29, 0.717) is 11.3 Å². The summed E-state index contributed by atoms with van der Waals surface area (Å²) in [6.45, 7) is 3.99. The summed E-state index contributed by atoms with van der Waals surface area (Å²) in [4.78, 5) is 23.6. The predicted molar refractivity (Wildman–Crippen MR) is 71.5 cm³/mol. The molecule has 20 heavy (non-hydrogen) atoms. The van der Waals surface area contributed by atoms with Crippen LogP contribution in [0, 0.1) is 6.92 Å². The molecule has 0 aromatic carbocycles. The highest BCUT2D eigenvalue weighted by Crippen LogP contribution is 2.10. The van der Waals surface area contributed by atoms with Gasteiger partial charge in [-0.3, -0.25) is 9.48 Å². The van der Waals surface area contributed by atoms with Crippen LogP contribution in [0.1, 0.15) is 28.7 Å². The van der Waals surface area contributed by atoms with Gasteiger partial charge in [0, 0.05) is 13.1 Å². The van der Waals surface area contributed by atoms with Gasteiger partial charge in [-0.05, 0) is 19.9 Å². The van der Waals surface area contributed by atoms with Gasteiger partial charge in [0.2, 0.25) is 0 Å². The molecule has 0 bridgehead atoms. The van der Waals surface area contributed by atoms with Crippen molar-refractivity contribution >= 4 is 5.97 Å². The summed E-state index contributed by atoms with van der Waals surface area (Å²) in [7, 11) is 1.71. The van der Waals surface area contributed by atoms with Gasteiger partial charge < -0.3 is 4.74 Å². The molecular formula is C13H16N4O3. The van der Waals surface area contributed by atoms with Crippen molar-refractivity contribution in [1.82, 2.24) is 19.6 Å². The summed E-state index contributed by atoms with van der Waals surface area (Å²) in [6, 6.07) is 3.09. The Kier molecular flexibility index (Phi) is 3.97. The van der Waals surface area contributed by atoms with Crippen LogP contribution >= 0.6 is 0 Å². The fourth-order valence-electron chi connectivity index (χ4n) is 1.84. The fraction of sp³-hybridized carbons (Fsp3) is 0.385. The van der Waals surface area contributed by atoms with E-state index >= 15 is 0 Å². The maximum atomic E-state index is 11.8. The molecule has 2 rings (SSSR count). The van der Waals surface area contributed by atoms with Crippen LogP contribution in [0.2, 0.25) is 0 Å². The maximum absolute atomic E-state index is 11.8. The molecule has 0 aliphatic heterocycles. The number of aromatic nitrogens is 4. The van der Waals surface area contributed by atoms with Crippen LogP contribution in [0.3, 0.4) is 0 Å². The standard InChI is InChI=1S/C13H16N4O3/c1-4-20-13(19)10-7-14-16(3)11(10)8-17-12(18)6-5-9(2)15-17/h5-7H,4,8H2,1-3H3. The molecular weight excluding hydrogens is 260 g/mol. The second kappa shape index (κ2) is 5.68. The van der Waals surface area contributed by atoms with Crippen LogP contribution in [0.15, 0.2) is 23.1 Å². The van der Waals surface area contributed by atoms with Gasteiger partial charge in [-0.25, -0.2) is 9.48 Å². The zero-order valence-electron chi connectivity index (χ0n) is 11.7. The molecule has 0 N–H and O–H groups in total. The summed E-state index contributed by atoms with van der Waals surface area (Å²) < 4.78 is 7.82. The molecule has 0 aliphatic rings. The minimum absolute atomic E-state index is 0.172. The molecule has 2 heterocycles. The number of ether oxygens (including phenoxy) is 1. The van der Waals surface area contributed by atoms with E-state index in [0.717, 1.165) is 5.69 Å². The lowest BCUT2D eigenvalue weighted by Crippen LogP contribution is -2.25. The Hall–Kier alpha value is -2.44. The largest absolute Gasteiger partial charge is 0.462 e. The van der Waals surface area contributed by atoms with Crippen LogP contribution in [0.5, 0.6) is 0 Å². The molecule has 0 unspecified atom stereocenters. The van der Waals surface area contributed by atoms with Crippen molar-refractivity contribution in [2.24, 2.45) is 7.05 Å². The van der Waals surface area contributed by atoms with Crippen molar-refractivity contribution in [2.45, 2.75) is 20.4 Å². The van der Waals surface area contributed by atoms with Crippen LogP contribution in [-0.4, -0.2) is 32.1 Å². The second-order valence-corrected chi connectivity index (χ2v) is 4.32. The lowest BCUT2D eigenvalue weighted by Gasteiger charge is -2.08. The number of rotatable bonds is 4. The molecule has 0 amide bonds. The van der Waals surface area contributed by atoms with Gasteiger partial charge in [-0.1, -0.05) is 0 Å². The lowest BCUT2D eigenvalue weighted by atomic mass is 10.2. The number of esters is 1. The van der Waals surface area contributed by atoms with E-state index in [1.165, 1.54) is 16.9 Å². The molecule has 0 saturated heterocycles. The lowest BCUT2D eigenvalue weighted by molar-refractivity contribution is 0.0524. The zero-order valence-corrected chi connectivity index (χ0v) is 11.7. The third kappa shape index (κ3) is 2.76. The Balaban J connectivity index is 2.38. The Bertz CT molecular complexity index is 687. The molecule has 0 radical (unpaired) electrons. The van der Waals surface area contributed by atoms with Gasteiger partial charge in [0.15, 0.2) is 0 Å². The smallest absolute Gasteiger partial charge is 0.341 e. The number of nitrogens with zero attached hydrogens (tertiary/aromatic N) is 4. The van der Waals surface area contributed by atoms with E-state index < -0.39 is 5.97 Å². The van der Waals surface area contributed by atoms with Gasteiger partial charge in [0.1, 0.15) is 5.56 Å². The monoisotopic (exact) mass is 276 g/mol. The van der Waals surface area contributed by atoms with E-state index in [4.69, 9.17) is 4.74 Å². The van der Waals surface area contributed by atoms with Crippen LogP contribution in [0.4, 0.5) is 0 Å². The molecule has 0 spiro atoms. The summed E-state index contributed by atoms with van der Waals surface area (Å²) in [6.07, 6.45) is 1.44. The third-order valence-electron chi connectivity index (χ3n) is 2.86. The number of aryl methyl sites for hydroxylation is 2. The molecule has 0 aliphatic carbocycles. The van der Waals surface area contributed by atoms with Crippen LogP contribution in [-0.2, 0) is 18.3 Å². The summed E-state index contributed by atoms with van der Waals surface area (Å²) in [5.41, 5.74) is 1.43. The van der Waals surface area contributed by atoms with Gasteiger partial charge >= 0.3 is 5.97 Å². The van der Waals surface area contributed by atoms with E-state index in [2.05, 4.69) is 10.2 Å². The van der Waals surface area contributed by atoms with Crippen LogP contribution in [0.25, 0.3) is 0 Å². The molecule has 0 atom stereocenters. The number of hydrogen-bond acceptors (Lipinski definition) is 5. The molecule has 2 aromatic rings. The van der Waals surface area contributed by atoms with Crippen LogP contribution < -0.4 is 5.56 Å². The first-order chi connectivity index (χ1) is 9.52. The van der Waals surface area contributed by atoms with Crippen molar-refractivity contribution in [3.63, 3.8) is 0 Å². The average molecular weight is 276 g/mol. The van der Waals surface area contributed by atoms with Gasteiger partial charge in [0.05, 0.1) is 30.7 Å². The third-order valence-corrected chi connectivity index (χ3v) is 2.86. The summed E-state index contributed by atoms with van der Waals surface area (Å²) >= 11 is 0. The first-order valence-corrected chi connectivity index (χ1v) is 6.25. The Morgan fingerprint density at radius 3 is 2.85 bits per heavy atom. The van der Waals surface area contributed by atoms with E-state index in [-0.39, 0.29) is 18.7 Å². The normalized spacial score (nSPS) is 10.6. The SMILES string of the molecule is CCOC(=O)c1cnn(C)c1Cn1nc(C)ccc1=O. The Morgan fingerprint density at radius 1 is 1.40 bits per heavy atom. The second-order valence-electron chi connectivity index (χ2n) is 4.32.